The van der Waals surface area contributed by atoms with Gasteiger partial charge in [-0.2, -0.15) is 0 Å². The van der Waals surface area contributed by atoms with Gasteiger partial charge in [-0.1, -0.05) is 13.8 Å². The Morgan fingerprint density at radius 3 is 2.72 bits per heavy atom. The molecule has 0 bridgehead atoms. The molecule has 1 fully saturated rings. The fraction of sp³-hybridized carbons (Fsp3) is 1.00. The molecule has 1 rings (SSSR count). The van der Waals surface area contributed by atoms with Crippen LogP contribution >= 0.6 is 0 Å². The first-order valence-electron chi connectivity index (χ1n) is 7.67. The van der Waals surface area contributed by atoms with Gasteiger partial charge >= 0.3 is 0 Å². The van der Waals surface area contributed by atoms with Gasteiger partial charge in [-0.3, -0.25) is 4.90 Å². The van der Waals surface area contributed by atoms with Crippen molar-refractivity contribution in [2.45, 2.75) is 46.6 Å². The number of nitrogens with one attached hydrogen (secondary N) is 1. The molecule has 0 aromatic heterocycles. The Morgan fingerprint density at radius 1 is 1.33 bits per heavy atom. The normalized spacial score (nSPS) is 22.8. The van der Waals surface area contributed by atoms with Crippen LogP contribution in [0.5, 0.6) is 0 Å². The Hall–Kier alpha value is -0.120. The average Bonchev–Trinajstić information content (AvgIpc) is 2.83. The van der Waals surface area contributed by atoms with E-state index in [1.54, 1.807) is 0 Å². The molecule has 1 aliphatic rings. The van der Waals surface area contributed by atoms with Crippen molar-refractivity contribution in [2.24, 2.45) is 11.8 Å². The molecule has 0 amide bonds. The fourth-order valence-corrected chi connectivity index (χ4v) is 2.64. The molecule has 3 heteroatoms. The summed E-state index contributed by atoms with van der Waals surface area (Å²) in [6.07, 6.45) is 2.50. The summed E-state index contributed by atoms with van der Waals surface area (Å²) in [6, 6.07) is 0.667. The highest BCUT2D eigenvalue weighted by atomic mass is 16.5. The molecule has 2 unspecified atom stereocenters. The molecule has 3 nitrogen and oxygen atoms in total. The maximum Gasteiger partial charge on any atom is 0.0477 e. The second-order valence-corrected chi connectivity index (χ2v) is 5.89. The molecule has 0 saturated carbocycles. The minimum Gasteiger partial charge on any atom is -0.382 e. The van der Waals surface area contributed by atoms with E-state index in [1.165, 1.54) is 19.5 Å². The highest BCUT2D eigenvalue weighted by Gasteiger charge is 2.27. The number of hydrogen-bond acceptors (Lipinski definition) is 3. The molecule has 1 saturated heterocycles. The maximum atomic E-state index is 5.33. The highest BCUT2D eigenvalue weighted by molar-refractivity contribution is 4.81. The third-order valence-corrected chi connectivity index (χ3v) is 4.11. The summed E-state index contributed by atoms with van der Waals surface area (Å²) in [5.74, 6) is 1.74. The number of rotatable bonds is 9. The predicted octanol–water partition coefficient (Wildman–Crippen LogP) is 2.37. The molecule has 18 heavy (non-hydrogen) atoms. The van der Waals surface area contributed by atoms with E-state index in [9.17, 15) is 0 Å². The van der Waals surface area contributed by atoms with Crippen LogP contribution in [0.15, 0.2) is 0 Å². The number of likely N-dealkylation sites (tertiary alicyclic amines) is 1. The lowest BCUT2D eigenvalue weighted by atomic mass is 9.95. The molecular formula is C15H32N2O. The molecule has 2 atom stereocenters. The van der Waals surface area contributed by atoms with Gasteiger partial charge in [-0.25, -0.2) is 0 Å². The molecule has 0 aliphatic carbocycles. The molecule has 1 heterocycles. The first kappa shape index (κ1) is 15.9. The first-order valence-corrected chi connectivity index (χ1v) is 7.67. The second-order valence-electron chi connectivity index (χ2n) is 5.89. The van der Waals surface area contributed by atoms with Crippen LogP contribution in [0.1, 0.15) is 40.5 Å². The standard InChI is InChI=1S/C15H32N2O/c1-5-18-10-6-8-16-11-14(4)17-9-7-15(12-17)13(2)3/h13-16H,5-12H2,1-4H3. The van der Waals surface area contributed by atoms with Crippen LogP contribution in [-0.4, -0.2) is 50.3 Å². The van der Waals surface area contributed by atoms with Crippen molar-refractivity contribution in [2.75, 3.05) is 39.4 Å². The van der Waals surface area contributed by atoms with Gasteiger partial charge in [0.2, 0.25) is 0 Å². The van der Waals surface area contributed by atoms with Gasteiger partial charge in [0.25, 0.3) is 0 Å². The lowest BCUT2D eigenvalue weighted by Crippen LogP contribution is -2.39. The lowest BCUT2D eigenvalue weighted by Gasteiger charge is -2.25. The Bertz CT molecular complexity index is 209. The van der Waals surface area contributed by atoms with Gasteiger partial charge < -0.3 is 10.1 Å². The number of ether oxygens (including phenoxy) is 1. The molecule has 0 spiro atoms. The average molecular weight is 256 g/mol. The Labute approximate surface area is 113 Å². The van der Waals surface area contributed by atoms with E-state index < -0.39 is 0 Å². The Morgan fingerprint density at radius 2 is 2.11 bits per heavy atom. The van der Waals surface area contributed by atoms with Crippen molar-refractivity contribution in [3.05, 3.63) is 0 Å². The monoisotopic (exact) mass is 256 g/mol. The first-order chi connectivity index (χ1) is 8.65. The summed E-state index contributed by atoms with van der Waals surface area (Å²) >= 11 is 0. The maximum absolute atomic E-state index is 5.33. The van der Waals surface area contributed by atoms with Gasteiger partial charge in [0.1, 0.15) is 0 Å². The van der Waals surface area contributed by atoms with E-state index in [0.717, 1.165) is 44.6 Å². The van der Waals surface area contributed by atoms with Crippen LogP contribution in [0.2, 0.25) is 0 Å². The van der Waals surface area contributed by atoms with E-state index in [-0.39, 0.29) is 0 Å². The van der Waals surface area contributed by atoms with Crippen molar-refractivity contribution in [3.8, 4) is 0 Å². The van der Waals surface area contributed by atoms with Crippen LogP contribution in [0.4, 0.5) is 0 Å². The molecule has 1 N–H and O–H groups in total. The van der Waals surface area contributed by atoms with Gasteiger partial charge in [-0.15, -0.1) is 0 Å². The fourth-order valence-electron chi connectivity index (χ4n) is 2.64. The van der Waals surface area contributed by atoms with Crippen LogP contribution in [-0.2, 0) is 4.74 Å². The van der Waals surface area contributed by atoms with Crippen molar-refractivity contribution in [1.29, 1.82) is 0 Å². The van der Waals surface area contributed by atoms with Crippen molar-refractivity contribution < 1.29 is 4.74 Å². The van der Waals surface area contributed by atoms with Crippen molar-refractivity contribution in [3.63, 3.8) is 0 Å². The van der Waals surface area contributed by atoms with Gasteiger partial charge in [0, 0.05) is 32.3 Å². The number of hydrogen-bond donors (Lipinski definition) is 1. The van der Waals surface area contributed by atoms with Crippen LogP contribution in [0.25, 0.3) is 0 Å². The molecule has 0 radical (unpaired) electrons. The third-order valence-electron chi connectivity index (χ3n) is 4.11. The minimum absolute atomic E-state index is 0.667. The lowest BCUT2D eigenvalue weighted by molar-refractivity contribution is 0.144. The summed E-state index contributed by atoms with van der Waals surface area (Å²) < 4.78 is 5.33. The number of nitrogens with zero attached hydrogens (tertiary/aromatic N) is 1. The van der Waals surface area contributed by atoms with Crippen LogP contribution in [0, 0.1) is 11.8 Å². The van der Waals surface area contributed by atoms with E-state index in [1.807, 2.05) is 6.92 Å². The molecule has 1 aliphatic heterocycles. The third kappa shape index (κ3) is 5.68. The zero-order valence-electron chi connectivity index (χ0n) is 12.7. The zero-order valence-corrected chi connectivity index (χ0v) is 12.7. The predicted molar refractivity (Wildman–Crippen MR) is 78.0 cm³/mol. The molecule has 108 valence electrons. The van der Waals surface area contributed by atoms with Gasteiger partial charge in [0.05, 0.1) is 0 Å². The smallest absolute Gasteiger partial charge is 0.0477 e. The topological polar surface area (TPSA) is 24.5 Å². The van der Waals surface area contributed by atoms with Gasteiger partial charge in [0.15, 0.2) is 0 Å². The molecule has 0 aromatic rings. The Kier molecular flexibility index (Phi) is 7.87. The van der Waals surface area contributed by atoms with Crippen LogP contribution in [0.3, 0.4) is 0 Å². The molecular weight excluding hydrogens is 224 g/mol. The minimum atomic E-state index is 0.667. The summed E-state index contributed by atoms with van der Waals surface area (Å²) in [7, 11) is 0. The van der Waals surface area contributed by atoms with E-state index in [4.69, 9.17) is 4.74 Å². The van der Waals surface area contributed by atoms with Crippen LogP contribution < -0.4 is 5.32 Å². The van der Waals surface area contributed by atoms with E-state index in [2.05, 4.69) is 31.0 Å². The van der Waals surface area contributed by atoms with Crippen molar-refractivity contribution >= 4 is 0 Å². The SMILES string of the molecule is CCOCCCNCC(C)N1CCC(C(C)C)C1. The van der Waals surface area contributed by atoms with E-state index in [0.29, 0.717) is 6.04 Å². The molecule has 0 aromatic carbocycles. The quantitative estimate of drug-likeness (QED) is 0.641. The highest BCUT2D eigenvalue weighted by Crippen LogP contribution is 2.24. The van der Waals surface area contributed by atoms with Crippen molar-refractivity contribution in [1.82, 2.24) is 10.2 Å². The summed E-state index contributed by atoms with van der Waals surface area (Å²) in [5, 5.41) is 3.54. The zero-order chi connectivity index (χ0) is 13.4. The summed E-state index contributed by atoms with van der Waals surface area (Å²) in [6.45, 7) is 15.6. The Balaban J connectivity index is 2.05. The summed E-state index contributed by atoms with van der Waals surface area (Å²) in [5.41, 5.74) is 0. The van der Waals surface area contributed by atoms with E-state index >= 15 is 0 Å². The second kappa shape index (κ2) is 8.89. The summed E-state index contributed by atoms with van der Waals surface area (Å²) in [4.78, 5) is 2.64. The largest absolute Gasteiger partial charge is 0.382 e. The van der Waals surface area contributed by atoms with Gasteiger partial charge in [-0.05, 0) is 51.6 Å².